The minimum atomic E-state index is -3.85. The Morgan fingerprint density at radius 1 is 1.10 bits per heavy atom. The Morgan fingerprint density at radius 2 is 1.77 bits per heavy atom. The number of nitrogens with two attached hydrogens (primary N) is 1. The summed E-state index contributed by atoms with van der Waals surface area (Å²) in [4.78, 5) is 20.1. The number of amides is 1. The average molecular weight is 447 g/mol. The fourth-order valence-electron chi connectivity index (χ4n) is 3.52. The van der Waals surface area contributed by atoms with Crippen LogP contribution in [0.4, 0.5) is 11.5 Å². The third kappa shape index (κ3) is 5.47. The van der Waals surface area contributed by atoms with Crippen LogP contribution < -0.4 is 20.5 Å². The molecule has 3 N–H and O–H groups in total. The lowest BCUT2D eigenvalue weighted by molar-refractivity contribution is 0.102. The maximum Gasteiger partial charge on any atom is 0.259 e. The van der Waals surface area contributed by atoms with E-state index in [1.165, 1.54) is 25.0 Å². The molecule has 1 fully saturated rings. The molecule has 7 nitrogen and oxygen atoms in total. The molecule has 0 saturated carbocycles. The number of aromatic nitrogens is 1. The summed E-state index contributed by atoms with van der Waals surface area (Å²) in [5.74, 6) is 0.396. The molecule has 2 heterocycles. The molecule has 0 aliphatic carbocycles. The summed E-state index contributed by atoms with van der Waals surface area (Å²) in [7, 11) is -5.52. The second kappa shape index (κ2) is 8.87. The highest BCUT2D eigenvalue weighted by Gasteiger charge is 2.24. The van der Waals surface area contributed by atoms with Crippen LogP contribution in [0.5, 0.6) is 0 Å². The Labute approximate surface area is 179 Å². The molecule has 3 rings (SSSR count). The van der Waals surface area contributed by atoms with Crippen molar-refractivity contribution in [2.45, 2.75) is 50.2 Å². The van der Waals surface area contributed by atoms with Gasteiger partial charge in [-0.05, 0) is 42.3 Å². The Morgan fingerprint density at radius 3 is 2.37 bits per heavy atom. The van der Waals surface area contributed by atoms with Crippen molar-refractivity contribution >= 4 is 40.7 Å². The van der Waals surface area contributed by atoms with Gasteiger partial charge in [0.05, 0.1) is 18.5 Å². The van der Waals surface area contributed by atoms with Gasteiger partial charge in [-0.3, -0.25) is 4.79 Å². The van der Waals surface area contributed by atoms with Gasteiger partial charge < -0.3 is 10.2 Å². The van der Waals surface area contributed by atoms with Crippen LogP contribution in [0.15, 0.2) is 41.4 Å². The summed E-state index contributed by atoms with van der Waals surface area (Å²) in [6.07, 6.45) is 6.44. The zero-order valence-corrected chi connectivity index (χ0v) is 19.6. The lowest BCUT2D eigenvalue weighted by Gasteiger charge is -2.26. The van der Waals surface area contributed by atoms with Crippen molar-refractivity contribution in [2.75, 3.05) is 23.3 Å². The van der Waals surface area contributed by atoms with Gasteiger partial charge in [-0.2, -0.15) is 0 Å². The van der Waals surface area contributed by atoms with E-state index in [0.717, 1.165) is 31.1 Å². The molecule has 0 spiro atoms. The van der Waals surface area contributed by atoms with E-state index in [-0.39, 0.29) is 10.8 Å². The molecular formula is C21H30N4O3SSi. The first-order valence-corrected chi connectivity index (χ1v) is 15.3. The van der Waals surface area contributed by atoms with Gasteiger partial charge in [0.1, 0.15) is 5.82 Å². The first-order chi connectivity index (χ1) is 14.1. The number of sulfonamides is 1. The molecule has 0 unspecified atom stereocenters. The van der Waals surface area contributed by atoms with Crippen LogP contribution in [0.1, 0.15) is 36.0 Å². The van der Waals surface area contributed by atoms with Crippen LogP contribution in [-0.4, -0.2) is 40.5 Å². The lowest BCUT2D eigenvalue weighted by Crippen LogP contribution is -2.39. The van der Waals surface area contributed by atoms with Crippen molar-refractivity contribution in [1.82, 2.24) is 4.98 Å². The van der Waals surface area contributed by atoms with Gasteiger partial charge >= 0.3 is 0 Å². The van der Waals surface area contributed by atoms with E-state index in [0.29, 0.717) is 17.1 Å². The Bertz CT molecular complexity index is 1030. The maximum atomic E-state index is 13.3. The van der Waals surface area contributed by atoms with Crippen molar-refractivity contribution in [3.63, 3.8) is 0 Å². The number of carbonyl (C=O) groups is 1. The molecule has 1 aromatic heterocycles. The monoisotopic (exact) mass is 446 g/mol. The molecule has 0 radical (unpaired) electrons. The molecular weight excluding hydrogens is 416 g/mol. The molecule has 2 aromatic rings. The zero-order chi connectivity index (χ0) is 21.9. The largest absolute Gasteiger partial charge is 0.356 e. The molecule has 9 heteroatoms. The van der Waals surface area contributed by atoms with Crippen molar-refractivity contribution < 1.29 is 13.2 Å². The number of benzene rings is 1. The highest BCUT2D eigenvalue weighted by molar-refractivity contribution is 7.89. The standard InChI is InChI=1S/C21H30N4O3SSi/c1-30(2,3)18-14-19(20(23-15-18)25-11-6-4-5-7-12-25)21(26)24-16-9-8-10-17(13-16)29(22,27)28/h8-10,13-15H,4-7,11-12H2,1-3H3,(H,24,26)(H2,22,27,28). The number of nitrogens with zero attached hydrogens (tertiary/aromatic N) is 2. The number of carbonyl (C=O) groups excluding carboxylic acids is 1. The molecule has 162 valence electrons. The third-order valence-corrected chi connectivity index (χ3v) is 8.22. The number of anilines is 2. The quantitative estimate of drug-likeness (QED) is 0.687. The number of hydrogen-bond acceptors (Lipinski definition) is 5. The molecule has 30 heavy (non-hydrogen) atoms. The fraction of sp³-hybridized carbons (Fsp3) is 0.429. The van der Waals surface area contributed by atoms with Gasteiger partial charge in [-0.15, -0.1) is 0 Å². The van der Waals surface area contributed by atoms with Gasteiger partial charge in [0.15, 0.2) is 0 Å². The van der Waals surface area contributed by atoms with Crippen molar-refractivity contribution in [3.8, 4) is 0 Å². The topological polar surface area (TPSA) is 105 Å². The van der Waals surface area contributed by atoms with Crippen molar-refractivity contribution in [3.05, 3.63) is 42.1 Å². The minimum Gasteiger partial charge on any atom is -0.356 e. The van der Waals surface area contributed by atoms with Crippen LogP contribution in [0.2, 0.25) is 19.6 Å². The molecule has 0 bridgehead atoms. The van der Waals surface area contributed by atoms with E-state index in [4.69, 9.17) is 10.1 Å². The summed E-state index contributed by atoms with van der Waals surface area (Å²) in [6, 6.07) is 7.93. The van der Waals surface area contributed by atoms with E-state index in [1.54, 1.807) is 12.1 Å². The second-order valence-electron chi connectivity index (χ2n) is 8.77. The molecule has 1 saturated heterocycles. The first-order valence-electron chi connectivity index (χ1n) is 10.3. The van der Waals surface area contributed by atoms with Crippen LogP contribution in [0.3, 0.4) is 0 Å². The van der Waals surface area contributed by atoms with Crippen LogP contribution >= 0.6 is 0 Å². The SMILES string of the molecule is C[Si](C)(C)c1cnc(N2CCCCCC2)c(C(=O)Nc2cccc(S(N)(=O)=O)c2)c1. The van der Waals surface area contributed by atoms with E-state index in [1.807, 2.05) is 12.3 Å². The minimum absolute atomic E-state index is 0.0398. The van der Waals surface area contributed by atoms with E-state index >= 15 is 0 Å². The summed E-state index contributed by atoms with van der Waals surface area (Å²) >= 11 is 0. The van der Waals surface area contributed by atoms with Gasteiger partial charge in [0, 0.05) is 25.0 Å². The van der Waals surface area contributed by atoms with Gasteiger partial charge in [-0.25, -0.2) is 18.5 Å². The van der Waals surface area contributed by atoms with E-state index in [9.17, 15) is 13.2 Å². The maximum absolute atomic E-state index is 13.3. The predicted molar refractivity (Wildman–Crippen MR) is 124 cm³/mol. The van der Waals surface area contributed by atoms with Gasteiger partial charge in [-0.1, -0.05) is 38.5 Å². The molecule has 1 aromatic carbocycles. The highest BCUT2D eigenvalue weighted by Crippen LogP contribution is 2.23. The highest BCUT2D eigenvalue weighted by atomic mass is 32.2. The molecule has 1 aliphatic heterocycles. The summed E-state index contributed by atoms with van der Waals surface area (Å²) in [6.45, 7) is 8.40. The number of nitrogens with one attached hydrogen (secondary N) is 1. The fourth-order valence-corrected chi connectivity index (χ4v) is 5.11. The zero-order valence-electron chi connectivity index (χ0n) is 17.8. The smallest absolute Gasteiger partial charge is 0.259 e. The molecule has 0 atom stereocenters. The Hall–Kier alpha value is -2.23. The summed E-state index contributed by atoms with van der Waals surface area (Å²) < 4.78 is 23.3. The number of rotatable bonds is 5. The molecule has 1 aliphatic rings. The number of primary sulfonamides is 1. The predicted octanol–water partition coefficient (Wildman–Crippen LogP) is 2.91. The summed E-state index contributed by atoms with van der Waals surface area (Å²) in [5, 5.41) is 9.15. The number of pyridine rings is 1. The van der Waals surface area contributed by atoms with E-state index < -0.39 is 18.1 Å². The Balaban J connectivity index is 1.98. The summed E-state index contributed by atoms with van der Waals surface area (Å²) in [5.41, 5.74) is 0.907. The van der Waals surface area contributed by atoms with Gasteiger partial charge in [0.2, 0.25) is 10.0 Å². The van der Waals surface area contributed by atoms with Crippen molar-refractivity contribution in [1.29, 1.82) is 0 Å². The first kappa shape index (κ1) is 22.5. The van der Waals surface area contributed by atoms with E-state index in [2.05, 4.69) is 29.9 Å². The second-order valence-corrected chi connectivity index (χ2v) is 15.4. The van der Waals surface area contributed by atoms with Gasteiger partial charge in [0.25, 0.3) is 5.91 Å². The third-order valence-electron chi connectivity index (χ3n) is 5.30. The Kier molecular flexibility index (Phi) is 6.64. The number of hydrogen-bond donors (Lipinski definition) is 2. The van der Waals surface area contributed by atoms with Crippen molar-refractivity contribution in [2.24, 2.45) is 5.14 Å². The van der Waals surface area contributed by atoms with Crippen LogP contribution in [-0.2, 0) is 10.0 Å². The lowest BCUT2D eigenvalue weighted by atomic mass is 10.2. The molecule has 1 amide bonds. The average Bonchev–Trinajstić information content (AvgIpc) is 2.96. The normalized spacial score (nSPS) is 15.5. The van der Waals surface area contributed by atoms with Crippen LogP contribution in [0.25, 0.3) is 0 Å². The van der Waals surface area contributed by atoms with Crippen LogP contribution in [0, 0.1) is 0 Å².